The highest BCUT2D eigenvalue weighted by Gasteiger charge is 2.26. The topological polar surface area (TPSA) is 113 Å². The second-order valence-electron chi connectivity index (χ2n) is 3.27. The Bertz CT molecular complexity index is 405. The van der Waals surface area contributed by atoms with Gasteiger partial charge < -0.3 is 15.2 Å². The first kappa shape index (κ1) is 10.6. The third-order valence-electron chi connectivity index (χ3n) is 2.17. The summed E-state index contributed by atoms with van der Waals surface area (Å²) in [6.45, 7) is 0.986. The van der Waals surface area contributed by atoms with Gasteiger partial charge in [-0.25, -0.2) is 4.98 Å². The zero-order valence-electron chi connectivity index (χ0n) is 8.33. The lowest BCUT2D eigenvalue weighted by molar-refractivity contribution is -0.385. The predicted octanol–water partition coefficient (Wildman–Crippen LogP) is 0.135. The first-order chi connectivity index (χ1) is 7.68. The van der Waals surface area contributed by atoms with E-state index in [2.05, 4.69) is 9.97 Å². The molecule has 0 amide bonds. The maximum absolute atomic E-state index is 10.8. The van der Waals surface area contributed by atoms with Crippen molar-refractivity contribution in [3.05, 3.63) is 16.4 Å². The van der Waals surface area contributed by atoms with Gasteiger partial charge in [0.15, 0.2) is 0 Å². The Hall–Kier alpha value is -1.96. The molecule has 1 unspecified atom stereocenters. The molecule has 1 aliphatic rings. The number of ether oxygens (including phenoxy) is 2. The molecule has 0 spiro atoms. The third kappa shape index (κ3) is 2.01. The van der Waals surface area contributed by atoms with E-state index in [0.29, 0.717) is 19.6 Å². The number of nitrogens with zero attached hydrogens (tertiary/aromatic N) is 3. The molecule has 8 heteroatoms. The van der Waals surface area contributed by atoms with Gasteiger partial charge in [-0.2, -0.15) is 4.98 Å². The van der Waals surface area contributed by atoms with Crippen LogP contribution < -0.4 is 10.5 Å². The lowest BCUT2D eigenvalue weighted by Gasteiger charge is -2.10. The Kier molecular flexibility index (Phi) is 2.82. The van der Waals surface area contributed by atoms with Crippen molar-refractivity contribution in [2.75, 3.05) is 18.9 Å². The van der Waals surface area contributed by atoms with Gasteiger partial charge in [0.25, 0.3) is 5.88 Å². The number of rotatable bonds is 3. The molecule has 8 nitrogen and oxygen atoms in total. The van der Waals surface area contributed by atoms with Crippen molar-refractivity contribution in [2.24, 2.45) is 0 Å². The molecule has 1 aliphatic heterocycles. The van der Waals surface area contributed by atoms with E-state index in [4.69, 9.17) is 15.2 Å². The largest absolute Gasteiger partial charge is 0.467 e. The molecule has 1 saturated heterocycles. The summed E-state index contributed by atoms with van der Waals surface area (Å²) in [7, 11) is 0. The van der Waals surface area contributed by atoms with E-state index in [1.807, 2.05) is 0 Å². The van der Waals surface area contributed by atoms with Gasteiger partial charge in [-0.15, -0.1) is 0 Å². The molecular weight excluding hydrogens is 216 g/mol. The van der Waals surface area contributed by atoms with Crippen LogP contribution in [0.4, 0.5) is 11.5 Å². The molecular formula is C8H10N4O4. The van der Waals surface area contributed by atoms with E-state index in [9.17, 15) is 10.1 Å². The number of anilines is 1. The summed E-state index contributed by atoms with van der Waals surface area (Å²) in [6, 6.07) is 0. The summed E-state index contributed by atoms with van der Waals surface area (Å²) in [5.41, 5.74) is 5.00. The molecule has 0 bridgehead atoms. The van der Waals surface area contributed by atoms with E-state index in [-0.39, 0.29) is 17.8 Å². The molecule has 0 saturated carbocycles. The second kappa shape index (κ2) is 4.27. The van der Waals surface area contributed by atoms with E-state index in [1.54, 1.807) is 0 Å². The molecule has 2 heterocycles. The van der Waals surface area contributed by atoms with Crippen LogP contribution >= 0.6 is 0 Å². The average Bonchev–Trinajstić information content (AvgIpc) is 2.70. The fourth-order valence-corrected chi connectivity index (χ4v) is 1.40. The number of hydrogen-bond acceptors (Lipinski definition) is 7. The zero-order valence-corrected chi connectivity index (χ0v) is 8.33. The Morgan fingerprint density at radius 1 is 1.62 bits per heavy atom. The molecule has 1 aromatic rings. The fraction of sp³-hybridized carbons (Fsp3) is 0.500. The normalized spacial score (nSPS) is 19.6. The van der Waals surface area contributed by atoms with E-state index < -0.39 is 10.6 Å². The molecule has 0 aromatic carbocycles. The first-order valence-electron chi connectivity index (χ1n) is 4.67. The summed E-state index contributed by atoms with van der Waals surface area (Å²) < 4.78 is 10.4. The minimum Gasteiger partial charge on any atom is -0.467 e. The Balaban J connectivity index is 2.25. The monoisotopic (exact) mass is 226 g/mol. The van der Waals surface area contributed by atoms with Crippen LogP contribution in [0.2, 0.25) is 0 Å². The number of aromatic nitrogens is 2. The number of nitrogen functional groups attached to an aromatic ring is 1. The van der Waals surface area contributed by atoms with Crippen molar-refractivity contribution in [3.63, 3.8) is 0 Å². The summed E-state index contributed by atoms with van der Waals surface area (Å²) in [4.78, 5) is 17.4. The standard InChI is InChI=1S/C8H10N4O4/c9-7-6(12(13)14)8(11-4-10-7)16-5-1-2-15-3-5/h4-5H,1-3H2,(H2,9,10,11). The van der Waals surface area contributed by atoms with Gasteiger partial charge >= 0.3 is 5.69 Å². The van der Waals surface area contributed by atoms with E-state index >= 15 is 0 Å². The van der Waals surface area contributed by atoms with Crippen LogP contribution in [-0.2, 0) is 4.74 Å². The number of nitro groups is 1. The highest BCUT2D eigenvalue weighted by Crippen LogP contribution is 2.30. The molecule has 1 atom stereocenters. The minimum atomic E-state index is -0.652. The molecule has 1 fully saturated rings. The maximum atomic E-state index is 10.8. The van der Waals surface area contributed by atoms with Gasteiger partial charge in [-0.3, -0.25) is 10.1 Å². The van der Waals surface area contributed by atoms with E-state index in [1.165, 1.54) is 0 Å². The Morgan fingerprint density at radius 3 is 3.06 bits per heavy atom. The summed E-state index contributed by atoms with van der Waals surface area (Å²) in [5, 5.41) is 10.8. The Labute approximate surface area is 90.5 Å². The van der Waals surface area contributed by atoms with Gasteiger partial charge in [-0.1, -0.05) is 0 Å². The lowest BCUT2D eigenvalue weighted by atomic mass is 10.3. The molecule has 0 aliphatic carbocycles. The van der Waals surface area contributed by atoms with E-state index in [0.717, 1.165) is 6.33 Å². The molecule has 0 radical (unpaired) electrons. The van der Waals surface area contributed by atoms with Crippen LogP contribution in [0.5, 0.6) is 5.88 Å². The van der Waals surface area contributed by atoms with Crippen LogP contribution in [0.3, 0.4) is 0 Å². The maximum Gasteiger partial charge on any atom is 0.372 e. The number of nitrogens with two attached hydrogens (primary N) is 1. The average molecular weight is 226 g/mol. The third-order valence-corrected chi connectivity index (χ3v) is 2.17. The smallest absolute Gasteiger partial charge is 0.372 e. The lowest BCUT2D eigenvalue weighted by Crippen LogP contribution is -2.18. The highest BCUT2D eigenvalue weighted by atomic mass is 16.6. The number of hydrogen-bond donors (Lipinski definition) is 1. The van der Waals surface area contributed by atoms with Crippen LogP contribution in [0, 0.1) is 10.1 Å². The Morgan fingerprint density at radius 2 is 2.44 bits per heavy atom. The molecule has 2 N–H and O–H groups in total. The van der Waals surface area contributed by atoms with Crippen molar-refractivity contribution in [2.45, 2.75) is 12.5 Å². The summed E-state index contributed by atoms with van der Waals surface area (Å²) in [6.07, 6.45) is 1.60. The zero-order chi connectivity index (χ0) is 11.5. The first-order valence-corrected chi connectivity index (χ1v) is 4.67. The quantitative estimate of drug-likeness (QED) is 0.575. The van der Waals surface area contributed by atoms with Crippen molar-refractivity contribution in [1.29, 1.82) is 0 Å². The van der Waals surface area contributed by atoms with Gasteiger partial charge in [0, 0.05) is 6.42 Å². The highest BCUT2D eigenvalue weighted by molar-refractivity contribution is 5.57. The van der Waals surface area contributed by atoms with Crippen molar-refractivity contribution in [1.82, 2.24) is 9.97 Å². The van der Waals surface area contributed by atoms with Gasteiger partial charge in [0.05, 0.1) is 18.1 Å². The summed E-state index contributed by atoms with van der Waals surface area (Å²) in [5.74, 6) is -0.304. The summed E-state index contributed by atoms with van der Waals surface area (Å²) >= 11 is 0. The molecule has 86 valence electrons. The van der Waals surface area contributed by atoms with Gasteiger partial charge in [-0.05, 0) is 0 Å². The van der Waals surface area contributed by atoms with Crippen molar-refractivity contribution < 1.29 is 14.4 Å². The van der Waals surface area contributed by atoms with Gasteiger partial charge in [0.2, 0.25) is 5.82 Å². The SMILES string of the molecule is Nc1ncnc(OC2CCOC2)c1[N+](=O)[O-]. The molecule has 1 aromatic heterocycles. The second-order valence-corrected chi connectivity index (χ2v) is 3.27. The van der Waals surface area contributed by atoms with Crippen molar-refractivity contribution in [3.8, 4) is 5.88 Å². The van der Waals surface area contributed by atoms with Crippen LogP contribution in [0.25, 0.3) is 0 Å². The molecule has 2 rings (SSSR count). The van der Waals surface area contributed by atoms with Crippen LogP contribution in [-0.4, -0.2) is 34.2 Å². The van der Waals surface area contributed by atoms with Gasteiger partial charge in [0.1, 0.15) is 12.4 Å². The van der Waals surface area contributed by atoms with Crippen LogP contribution in [0.1, 0.15) is 6.42 Å². The van der Waals surface area contributed by atoms with Crippen LogP contribution in [0.15, 0.2) is 6.33 Å². The van der Waals surface area contributed by atoms with Crippen molar-refractivity contribution >= 4 is 11.5 Å². The molecule has 16 heavy (non-hydrogen) atoms. The minimum absolute atomic E-state index is 0.104. The predicted molar refractivity (Wildman–Crippen MR) is 53.0 cm³/mol. The fourth-order valence-electron chi connectivity index (χ4n) is 1.40.